The molecule has 0 bridgehead atoms. The van der Waals surface area contributed by atoms with Crippen LogP contribution >= 0.6 is 0 Å². The molecule has 0 atom stereocenters. The van der Waals surface area contributed by atoms with Crippen molar-refractivity contribution in [1.82, 2.24) is 0 Å². The topological polar surface area (TPSA) is 0 Å². The summed E-state index contributed by atoms with van der Waals surface area (Å²) in [6.45, 7) is 0. The largest absolute Gasteiger partial charge is 0.203 e. The van der Waals surface area contributed by atoms with Gasteiger partial charge in [0, 0.05) is 0 Å². The molecule has 0 radical (unpaired) electrons. The lowest BCUT2D eigenvalue weighted by atomic mass is 10.0. The molecule has 3 aromatic carbocycles. The van der Waals surface area contributed by atoms with Gasteiger partial charge in [-0.25, -0.2) is 17.6 Å². The molecule has 0 heterocycles. The molecule has 0 spiro atoms. The van der Waals surface area contributed by atoms with Crippen molar-refractivity contribution in [2.24, 2.45) is 0 Å². The Kier molecular flexibility index (Phi) is 5.32. The van der Waals surface area contributed by atoms with Gasteiger partial charge in [-0.3, -0.25) is 0 Å². The molecule has 0 saturated carbocycles. The summed E-state index contributed by atoms with van der Waals surface area (Å²) in [5, 5.41) is 0. The van der Waals surface area contributed by atoms with Crippen molar-refractivity contribution >= 4 is 24.3 Å². The maximum Gasteiger partial charge on any atom is 0.169 e. The van der Waals surface area contributed by atoms with Crippen LogP contribution in [0.2, 0.25) is 0 Å². The fourth-order valence-electron chi connectivity index (χ4n) is 2.45. The number of halogens is 4. The number of rotatable bonds is 4. The Labute approximate surface area is 148 Å². The summed E-state index contributed by atoms with van der Waals surface area (Å²) in [5.41, 5.74) is -0.193. The predicted molar refractivity (Wildman–Crippen MR) is 97.0 cm³/mol. The molecule has 0 N–H and O–H groups in total. The zero-order valence-electron chi connectivity index (χ0n) is 13.6. The highest BCUT2D eigenvalue weighted by Crippen LogP contribution is 2.27. The SMILES string of the molecule is Fc1c(F)c(C=Cc2ccccc2)c(F)c(F)c1C=Cc1ccccc1. The average molecular weight is 354 g/mol. The Balaban J connectivity index is 2.00. The molecule has 0 aliphatic carbocycles. The first-order chi connectivity index (χ1) is 12.6. The summed E-state index contributed by atoms with van der Waals surface area (Å²) in [7, 11) is 0. The van der Waals surface area contributed by atoms with Gasteiger partial charge in [-0.15, -0.1) is 0 Å². The fourth-order valence-corrected chi connectivity index (χ4v) is 2.45. The van der Waals surface area contributed by atoms with E-state index >= 15 is 0 Å². The summed E-state index contributed by atoms with van der Waals surface area (Å²) in [4.78, 5) is 0. The summed E-state index contributed by atoms with van der Waals surface area (Å²) in [5.74, 6) is -5.71. The van der Waals surface area contributed by atoms with E-state index in [1.165, 1.54) is 12.2 Å². The molecule has 3 rings (SSSR count). The van der Waals surface area contributed by atoms with E-state index in [1.807, 2.05) is 0 Å². The number of benzene rings is 3. The van der Waals surface area contributed by atoms with Gasteiger partial charge in [-0.2, -0.15) is 0 Å². The zero-order valence-corrected chi connectivity index (χ0v) is 13.6. The average Bonchev–Trinajstić information content (AvgIpc) is 2.68. The molecule has 130 valence electrons. The Bertz CT molecular complexity index is 849. The number of hydrogen-bond acceptors (Lipinski definition) is 0. The lowest BCUT2D eigenvalue weighted by molar-refractivity contribution is 0.448. The molecular formula is C22H14F4. The molecule has 3 aromatic rings. The molecule has 0 saturated heterocycles. The minimum atomic E-state index is -1.43. The van der Waals surface area contributed by atoms with Crippen molar-refractivity contribution in [2.75, 3.05) is 0 Å². The molecule has 0 aliphatic rings. The van der Waals surface area contributed by atoms with Gasteiger partial charge >= 0.3 is 0 Å². The lowest BCUT2D eigenvalue weighted by Crippen LogP contribution is -2.03. The maximum atomic E-state index is 14.3. The van der Waals surface area contributed by atoms with Crippen LogP contribution in [0.1, 0.15) is 22.3 Å². The van der Waals surface area contributed by atoms with Gasteiger partial charge in [-0.05, 0) is 23.3 Å². The van der Waals surface area contributed by atoms with E-state index in [0.717, 1.165) is 12.2 Å². The third-order valence-corrected chi connectivity index (χ3v) is 3.82. The Morgan fingerprint density at radius 1 is 0.423 bits per heavy atom. The lowest BCUT2D eigenvalue weighted by Gasteiger charge is -2.07. The van der Waals surface area contributed by atoms with Gasteiger partial charge in [0.1, 0.15) is 0 Å². The monoisotopic (exact) mass is 354 g/mol. The molecular weight excluding hydrogens is 340 g/mol. The molecule has 0 fully saturated rings. The van der Waals surface area contributed by atoms with Crippen molar-refractivity contribution in [1.29, 1.82) is 0 Å². The second-order valence-electron chi connectivity index (χ2n) is 5.57. The highest BCUT2D eigenvalue weighted by molar-refractivity contribution is 5.74. The summed E-state index contributed by atoms with van der Waals surface area (Å²) >= 11 is 0. The van der Waals surface area contributed by atoms with Crippen LogP contribution in [0.3, 0.4) is 0 Å². The summed E-state index contributed by atoms with van der Waals surface area (Å²) in [6, 6.07) is 17.3. The van der Waals surface area contributed by atoms with Crippen LogP contribution in [0.5, 0.6) is 0 Å². The third-order valence-electron chi connectivity index (χ3n) is 3.82. The summed E-state index contributed by atoms with van der Waals surface area (Å²) < 4.78 is 57.1. The smallest absolute Gasteiger partial charge is 0.169 e. The molecule has 0 unspecified atom stereocenters. The van der Waals surface area contributed by atoms with Gasteiger partial charge in [0.15, 0.2) is 23.3 Å². The van der Waals surface area contributed by atoms with Crippen LogP contribution in [0.4, 0.5) is 17.6 Å². The minimum absolute atomic E-state index is 0.653. The zero-order chi connectivity index (χ0) is 18.5. The first kappa shape index (κ1) is 17.7. The molecule has 4 heteroatoms. The first-order valence-corrected chi connectivity index (χ1v) is 7.90. The fraction of sp³-hybridized carbons (Fsp3) is 0. The van der Waals surface area contributed by atoms with E-state index in [1.54, 1.807) is 60.7 Å². The van der Waals surface area contributed by atoms with E-state index in [9.17, 15) is 17.6 Å². The molecule has 0 aromatic heterocycles. The van der Waals surface area contributed by atoms with Crippen LogP contribution in [0, 0.1) is 23.3 Å². The van der Waals surface area contributed by atoms with Crippen LogP contribution in [-0.4, -0.2) is 0 Å². The van der Waals surface area contributed by atoms with Gasteiger partial charge in [0.25, 0.3) is 0 Å². The van der Waals surface area contributed by atoms with Crippen molar-refractivity contribution < 1.29 is 17.6 Å². The highest BCUT2D eigenvalue weighted by atomic mass is 19.2. The Hall–Kier alpha value is -3.14. The van der Waals surface area contributed by atoms with Crippen molar-refractivity contribution in [3.63, 3.8) is 0 Å². The van der Waals surface area contributed by atoms with Crippen LogP contribution in [0.15, 0.2) is 60.7 Å². The molecule has 0 nitrogen and oxygen atoms in total. The standard InChI is InChI=1S/C22H14F4/c23-19-17(13-11-15-7-3-1-4-8-15)20(24)22(26)18(21(19)25)14-12-16-9-5-2-6-10-16/h1-14H. The maximum absolute atomic E-state index is 14.3. The quantitative estimate of drug-likeness (QED) is 0.282. The second-order valence-corrected chi connectivity index (χ2v) is 5.57. The van der Waals surface area contributed by atoms with Gasteiger partial charge in [-0.1, -0.05) is 72.8 Å². The van der Waals surface area contributed by atoms with E-state index in [2.05, 4.69) is 0 Å². The van der Waals surface area contributed by atoms with E-state index < -0.39 is 34.4 Å². The Morgan fingerprint density at radius 2 is 0.731 bits per heavy atom. The van der Waals surface area contributed by atoms with E-state index in [0.29, 0.717) is 11.1 Å². The van der Waals surface area contributed by atoms with E-state index in [-0.39, 0.29) is 0 Å². The van der Waals surface area contributed by atoms with Gasteiger partial charge < -0.3 is 0 Å². The second kappa shape index (κ2) is 7.83. The third kappa shape index (κ3) is 3.75. The first-order valence-electron chi connectivity index (χ1n) is 7.90. The predicted octanol–water partition coefficient (Wildman–Crippen LogP) is 6.58. The summed E-state index contributed by atoms with van der Waals surface area (Å²) in [6.07, 6.45) is 4.83. The van der Waals surface area contributed by atoms with Crippen LogP contribution < -0.4 is 0 Å². The Morgan fingerprint density at radius 3 is 1.04 bits per heavy atom. The van der Waals surface area contributed by atoms with E-state index in [4.69, 9.17) is 0 Å². The normalized spacial score (nSPS) is 11.5. The number of hydrogen-bond donors (Lipinski definition) is 0. The minimum Gasteiger partial charge on any atom is -0.203 e. The van der Waals surface area contributed by atoms with Crippen molar-refractivity contribution in [3.8, 4) is 0 Å². The van der Waals surface area contributed by atoms with Crippen molar-refractivity contribution in [2.45, 2.75) is 0 Å². The molecule has 26 heavy (non-hydrogen) atoms. The molecule has 0 aliphatic heterocycles. The van der Waals surface area contributed by atoms with Crippen LogP contribution in [-0.2, 0) is 0 Å². The van der Waals surface area contributed by atoms with Gasteiger partial charge in [0.2, 0.25) is 0 Å². The van der Waals surface area contributed by atoms with Crippen molar-refractivity contribution in [3.05, 3.63) is 106 Å². The van der Waals surface area contributed by atoms with Gasteiger partial charge in [0.05, 0.1) is 11.1 Å². The highest BCUT2D eigenvalue weighted by Gasteiger charge is 2.22. The van der Waals surface area contributed by atoms with Crippen LogP contribution in [0.25, 0.3) is 24.3 Å². The molecule has 0 amide bonds.